The van der Waals surface area contributed by atoms with E-state index in [0.29, 0.717) is 0 Å². The van der Waals surface area contributed by atoms with E-state index in [2.05, 4.69) is 17.9 Å². The molecule has 20 heavy (non-hydrogen) atoms. The van der Waals surface area contributed by atoms with Gasteiger partial charge in [0, 0.05) is 25.7 Å². The lowest BCUT2D eigenvalue weighted by atomic mass is 10.1. The Hall–Kier alpha value is -2.11. The maximum absolute atomic E-state index is 12.1. The molecule has 0 fully saturated rings. The molecule has 0 bridgehead atoms. The van der Waals surface area contributed by atoms with Crippen LogP contribution in [0.2, 0.25) is 0 Å². The summed E-state index contributed by atoms with van der Waals surface area (Å²) in [6.45, 7) is 4.80. The van der Waals surface area contributed by atoms with Gasteiger partial charge in [0.2, 0.25) is 0 Å². The zero-order valence-electron chi connectivity index (χ0n) is 11.5. The molecule has 2 aromatic rings. The molecule has 5 nitrogen and oxygen atoms in total. The summed E-state index contributed by atoms with van der Waals surface area (Å²) in [4.78, 5) is 14.3. The normalized spacial score (nSPS) is 12.3. The quantitative estimate of drug-likeness (QED) is 0.808. The van der Waals surface area contributed by atoms with E-state index in [1.165, 1.54) is 0 Å². The lowest BCUT2D eigenvalue weighted by Crippen LogP contribution is -2.20. The first-order valence-electron chi connectivity index (χ1n) is 6.35. The maximum atomic E-state index is 12.1. The van der Waals surface area contributed by atoms with Crippen LogP contribution < -0.4 is 10.5 Å². The van der Waals surface area contributed by atoms with Crippen molar-refractivity contribution in [1.29, 1.82) is 0 Å². The minimum Gasteiger partial charge on any atom is -0.412 e. The second-order valence-corrected chi connectivity index (χ2v) is 4.54. The Morgan fingerprint density at radius 3 is 2.35 bits per heavy atom. The van der Waals surface area contributed by atoms with Crippen LogP contribution in [0.25, 0.3) is 11.1 Å². The lowest BCUT2D eigenvalue weighted by Gasteiger charge is -2.16. The molecular formula is C15H20N2O3. The van der Waals surface area contributed by atoms with E-state index < -0.39 is 0 Å². The van der Waals surface area contributed by atoms with Crippen molar-refractivity contribution in [2.45, 2.75) is 13.5 Å². The summed E-state index contributed by atoms with van der Waals surface area (Å²) in [6, 6.07) is 13.9. The molecule has 0 radical (unpaired) electrons. The van der Waals surface area contributed by atoms with Gasteiger partial charge in [0.05, 0.1) is 0 Å². The monoisotopic (exact) mass is 276 g/mol. The highest BCUT2D eigenvalue weighted by Crippen LogP contribution is 2.25. The largest absolute Gasteiger partial charge is 0.412 e. The van der Waals surface area contributed by atoms with Crippen LogP contribution in [0.1, 0.15) is 6.92 Å². The SMILES string of the molecule is CCN1CCn2c1cc(-c1ccccc1)cc2=O.O.O. The topological polar surface area (TPSA) is 88.2 Å². The van der Waals surface area contributed by atoms with Crippen molar-refractivity contribution < 1.29 is 11.0 Å². The second-order valence-electron chi connectivity index (χ2n) is 4.54. The fraction of sp³-hybridized carbons (Fsp3) is 0.267. The average molecular weight is 276 g/mol. The maximum Gasteiger partial charge on any atom is 0.252 e. The van der Waals surface area contributed by atoms with Gasteiger partial charge in [0.15, 0.2) is 0 Å². The highest BCUT2D eigenvalue weighted by atomic mass is 16.1. The summed E-state index contributed by atoms with van der Waals surface area (Å²) in [6.07, 6.45) is 0. The summed E-state index contributed by atoms with van der Waals surface area (Å²) in [5.41, 5.74) is 2.20. The first-order chi connectivity index (χ1) is 8.79. The van der Waals surface area contributed by atoms with Gasteiger partial charge in [-0.2, -0.15) is 0 Å². The van der Waals surface area contributed by atoms with Gasteiger partial charge in [-0.25, -0.2) is 0 Å². The van der Waals surface area contributed by atoms with Crippen LogP contribution in [0.5, 0.6) is 0 Å². The zero-order valence-corrected chi connectivity index (χ0v) is 11.5. The summed E-state index contributed by atoms with van der Waals surface area (Å²) in [5.74, 6) is 1.05. The molecule has 0 saturated carbocycles. The van der Waals surface area contributed by atoms with Gasteiger partial charge in [-0.05, 0) is 24.1 Å². The number of hydrogen-bond donors (Lipinski definition) is 0. The third-order valence-electron chi connectivity index (χ3n) is 3.51. The summed E-state index contributed by atoms with van der Waals surface area (Å²) in [7, 11) is 0. The van der Waals surface area contributed by atoms with E-state index in [4.69, 9.17) is 0 Å². The molecule has 0 amide bonds. The molecule has 1 aliphatic rings. The van der Waals surface area contributed by atoms with E-state index in [1.54, 1.807) is 6.07 Å². The molecule has 5 heteroatoms. The van der Waals surface area contributed by atoms with E-state index in [9.17, 15) is 4.79 Å². The number of rotatable bonds is 2. The van der Waals surface area contributed by atoms with Crippen LogP contribution in [-0.2, 0) is 6.54 Å². The van der Waals surface area contributed by atoms with Gasteiger partial charge in [0.1, 0.15) is 5.82 Å². The number of benzene rings is 1. The number of hydrogen-bond acceptors (Lipinski definition) is 2. The van der Waals surface area contributed by atoms with Gasteiger partial charge in [0.25, 0.3) is 5.56 Å². The molecule has 108 valence electrons. The van der Waals surface area contributed by atoms with Crippen molar-refractivity contribution in [2.75, 3.05) is 18.0 Å². The first kappa shape index (κ1) is 15.9. The van der Waals surface area contributed by atoms with Crippen molar-refractivity contribution in [3.8, 4) is 11.1 Å². The summed E-state index contributed by atoms with van der Waals surface area (Å²) < 4.78 is 1.86. The Morgan fingerprint density at radius 2 is 1.70 bits per heavy atom. The molecular weight excluding hydrogens is 256 g/mol. The number of aromatic nitrogens is 1. The third-order valence-corrected chi connectivity index (χ3v) is 3.51. The molecule has 0 atom stereocenters. The van der Waals surface area contributed by atoms with E-state index in [0.717, 1.165) is 36.6 Å². The molecule has 0 saturated heterocycles. The fourth-order valence-corrected chi connectivity index (χ4v) is 2.52. The Labute approximate surface area is 117 Å². The number of nitrogens with zero attached hydrogens (tertiary/aromatic N) is 2. The van der Waals surface area contributed by atoms with Gasteiger partial charge < -0.3 is 15.9 Å². The number of fused-ring (bicyclic) bond motifs is 1. The molecule has 1 aromatic carbocycles. The summed E-state index contributed by atoms with van der Waals surface area (Å²) >= 11 is 0. The molecule has 1 aromatic heterocycles. The van der Waals surface area contributed by atoms with Crippen molar-refractivity contribution in [1.82, 2.24) is 4.57 Å². The van der Waals surface area contributed by atoms with Crippen LogP contribution in [0.15, 0.2) is 47.3 Å². The predicted molar refractivity (Wildman–Crippen MR) is 81.3 cm³/mol. The van der Waals surface area contributed by atoms with E-state index in [1.807, 2.05) is 34.9 Å². The molecule has 3 rings (SSSR count). The van der Waals surface area contributed by atoms with Crippen molar-refractivity contribution >= 4 is 5.82 Å². The second kappa shape index (κ2) is 6.36. The van der Waals surface area contributed by atoms with E-state index >= 15 is 0 Å². The molecule has 0 spiro atoms. The zero-order chi connectivity index (χ0) is 12.5. The van der Waals surface area contributed by atoms with Gasteiger partial charge in [-0.15, -0.1) is 0 Å². The third kappa shape index (κ3) is 2.59. The average Bonchev–Trinajstić information content (AvgIpc) is 2.83. The lowest BCUT2D eigenvalue weighted by molar-refractivity contribution is 0.756. The van der Waals surface area contributed by atoms with Crippen LogP contribution in [-0.4, -0.2) is 28.6 Å². The summed E-state index contributed by atoms with van der Waals surface area (Å²) in [5, 5.41) is 0. The molecule has 1 aliphatic heterocycles. The Morgan fingerprint density at radius 1 is 1.00 bits per heavy atom. The molecule has 4 N–H and O–H groups in total. The van der Waals surface area contributed by atoms with Crippen molar-refractivity contribution in [3.05, 3.63) is 52.8 Å². The van der Waals surface area contributed by atoms with Gasteiger partial charge >= 0.3 is 0 Å². The van der Waals surface area contributed by atoms with Crippen LogP contribution >= 0.6 is 0 Å². The highest BCUT2D eigenvalue weighted by Gasteiger charge is 2.19. The fourth-order valence-electron chi connectivity index (χ4n) is 2.52. The predicted octanol–water partition coefficient (Wildman–Crippen LogP) is 0.706. The minimum absolute atomic E-state index is 0. The number of likely N-dealkylation sites (N-methyl/N-ethyl adjacent to an activating group) is 1. The van der Waals surface area contributed by atoms with Crippen LogP contribution in [0.4, 0.5) is 5.82 Å². The van der Waals surface area contributed by atoms with Crippen molar-refractivity contribution in [3.63, 3.8) is 0 Å². The molecule has 2 heterocycles. The first-order valence-corrected chi connectivity index (χ1v) is 6.35. The molecule has 0 unspecified atom stereocenters. The Balaban J connectivity index is 0.000001000. The van der Waals surface area contributed by atoms with E-state index in [-0.39, 0.29) is 16.5 Å². The Kier molecular flexibility index (Phi) is 5.07. The van der Waals surface area contributed by atoms with Gasteiger partial charge in [-0.3, -0.25) is 9.36 Å². The number of anilines is 1. The number of pyridine rings is 1. The molecule has 0 aliphatic carbocycles. The van der Waals surface area contributed by atoms with Crippen molar-refractivity contribution in [2.24, 2.45) is 0 Å². The standard InChI is InChI=1S/C15H16N2O.2H2O/c1-2-16-8-9-17-14(16)10-13(11-15(17)18)12-6-4-3-5-7-12;;/h3-7,10-11H,2,8-9H2,1H3;2*1H2. The van der Waals surface area contributed by atoms with Gasteiger partial charge in [-0.1, -0.05) is 30.3 Å². The Bertz CT molecular complexity index is 623. The highest BCUT2D eigenvalue weighted by molar-refractivity contribution is 5.67. The smallest absolute Gasteiger partial charge is 0.252 e. The van der Waals surface area contributed by atoms with Crippen LogP contribution in [0, 0.1) is 0 Å². The van der Waals surface area contributed by atoms with Crippen LogP contribution in [0.3, 0.4) is 0 Å². The minimum atomic E-state index is 0.